The Morgan fingerprint density at radius 1 is 0.875 bits per heavy atom. The Morgan fingerprint density at radius 3 is 1.12 bits per heavy atom. The van der Waals surface area contributed by atoms with Crippen LogP contribution in [0.25, 0.3) is 0 Å². The van der Waals surface area contributed by atoms with Crippen LogP contribution in [-0.2, 0) is 0 Å². The quantitative estimate of drug-likeness (QED) is 0.420. The third kappa shape index (κ3) is 2.84. The van der Waals surface area contributed by atoms with E-state index in [2.05, 4.69) is 6.58 Å². The molecule has 0 saturated heterocycles. The summed E-state index contributed by atoms with van der Waals surface area (Å²) in [6.45, 7) is 3.67. The molecule has 0 heteroatoms. The molecule has 0 nitrogen and oxygen atoms in total. The molecule has 46 valence electrons. The summed E-state index contributed by atoms with van der Waals surface area (Å²) in [5.41, 5.74) is 1.42. The highest BCUT2D eigenvalue weighted by Crippen LogP contribution is 2.23. The zero-order valence-corrected chi connectivity index (χ0v) is 5.45. The predicted molar refractivity (Wildman–Crippen MR) is 36.8 cm³/mol. The second kappa shape index (κ2) is 2.91. The highest BCUT2D eigenvalue weighted by Gasteiger charge is 2.04. The third-order valence-corrected chi connectivity index (χ3v) is 1.60. The van der Waals surface area contributed by atoms with Crippen LogP contribution >= 0.6 is 0 Å². The molecule has 2 saturated carbocycles. The van der Waals surface area contributed by atoms with Gasteiger partial charge in [0.25, 0.3) is 0 Å². The van der Waals surface area contributed by atoms with Gasteiger partial charge in [0.1, 0.15) is 0 Å². The van der Waals surface area contributed by atoms with Crippen molar-refractivity contribution < 1.29 is 0 Å². The van der Waals surface area contributed by atoms with Crippen LogP contribution in [0.2, 0.25) is 0 Å². The molecule has 2 fully saturated rings. The molecule has 0 spiro atoms. The van der Waals surface area contributed by atoms with E-state index in [-0.39, 0.29) is 0 Å². The van der Waals surface area contributed by atoms with Crippen molar-refractivity contribution in [3.63, 3.8) is 0 Å². The van der Waals surface area contributed by atoms with Crippen LogP contribution in [0, 0.1) is 0 Å². The van der Waals surface area contributed by atoms with Crippen molar-refractivity contribution in [2.24, 2.45) is 0 Å². The van der Waals surface area contributed by atoms with Crippen LogP contribution in [0.3, 0.4) is 0 Å². The summed E-state index contributed by atoms with van der Waals surface area (Å²) < 4.78 is 0. The van der Waals surface area contributed by atoms with Gasteiger partial charge in [0.15, 0.2) is 0 Å². The smallest absolute Gasteiger partial charge is 0.0286 e. The maximum absolute atomic E-state index is 3.67. The first kappa shape index (κ1) is 5.87. The van der Waals surface area contributed by atoms with Crippen molar-refractivity contribution in [3.05, 3.63) is 12.2 Å². The van der Waals surface area contributed by atoms with Gasteiger partial charge in [0, 0.05) is 0 Å². The molecule has 2 aliphatic rings. The lowest BCUT2D eigenvalue weighted by Gasteiger charge is -2.05. The van der Waals surface area contributed by atoms with Crippen molar-refractivity contribution in [3.8, 4) is 0 Å². The fourth-order valence-corrected chi connectivity index (χ4v) is 0.338. The van der Waals surface area contributed by atoms with Gasteiger partial charge >= 0.3 is 0 Å². The Balaban J connectivity index is 0.0000000800. The van der Waals surface area contributed by atoms with Gasteiger partial charge in [-0.1, -0.05) is 37.8 Å². The largest absolute Gasteiger partial charge is 0.0998 e. The molecule has 2 aliphatic carbocycles. The van der Waals surface area contributed by atoms with Crippen molar-refractivity contribution >= 4 is 0 Å². The van der Waals surface area contributed by atoms with Gasteiger partial charge in [-0.05, 0) is 12.8 Å². The summed E-state index contributed by atoms with van der Waals surface area (Å²) in [5, 5.41) is 0. The monoisotopic (exact) mass is 110 g/mol. The van der Waals surface area contributed by atoms with E-state index in [1.807, 2.05) is 0 Å². The maximum atomic E-state index is 3.67. The van der Waals surface area contributed by atoms with Gasteiger partial charge < -0.3 is 0 Å². The summed E-state index contributed by atoms with van der Waals surface area (Å²) in [7, 11) is 0. The lowest BCUT2D eigenvalue weighted by molar-refractivity contribution is 0.504. The van der Waals surface area contributed by atoms with Crippen LogP contribution in [0.4, 0.5) is 0 Å². The van der Waals surface area contributed by atoms with Crippen molar-refractivity contribution in [1.29, 1.82) is 0 Å². The van der Waals surface area contributed by atoms with Crippen LogP contribution < -0.4 is 0 Å². The highest BCUT2D eigenvalue weighted by molar-refractivity contribution is 5.09. The molecule has 0 aromatic rings. The molecule has 0 bridgehead atoms. The summed E-state index contributed by atoms with van der Waals surface area (Å²) in [6, 6.07) is 0. The number of rotatable bonds is 0. The predicted octanol–water partition coefficient (Wildman–Crippen LogP) is 2.90. The average molecular weight is 110 g/mol. The van der Waals surface area contributed by atoms with E-state index < -0.39 is 0 Å². The molecule has 0 atom stereocenters. The van der Waals surface area contributed by atoms with E-state index in [0.717, 1.165) is 0 Å². The third-order valence-electron chi connectivity index (χ3n) is 1.60. The van der Waals surface area contributed by atoms with Crippen molar-refractivity contribution in [1.82, 2.24) is 0 Å². The molecule has 0 amide bonds. The Morgan fingerprint density at radius 2 is 1.12 bits per heavy atom. The van der Waals surface area contributed by atoms with Gasteiger partial charge in [0.05, 0.1) is 0 Å². The van der Waals surface area contributed by atoms with E-state index in [1.165, 1.54) is 44.1 Å². The van der Waals surface area contributed by atoms with Gasteiger partial charge in [-0.25, -0.2) is 0 Å². The first-order chi connectivity index (χ1) is 3.89. The summed E-state index contributed by atoms with van der Waals surface area (Å²) in [6.07, 6.45) is 8.58. The molecule has 2 rings (SSSR count). The molecule has 0 aromatic heterocycles. The molecule has 8 heavy (non-hydrogen) atoms. The first-order valence-corrected chi connectivity index (χ1v) is 3.56. The summed E-state index contributed by atoms with van der Waals surface area (Å²) in [5.74, 6) is 0. The fraction of sp³-hybridized carbons (Fsp3) is 0.750. The van der Waals surface area contributed by atoms with E-state index in [9.17, 15) is 0 Å². The minimum Gasteiger partial charge on any atom is -0.0998 e. The molecule has 0 heterocycles. The minimum atomic E-state index is 1.29. The van der Waals surface area contributed by atoms with E-state index in [0.29, 0.717) is 0 Å². The molecule has 0 radical (unpaired) electrons. The Labute approximate surface area is 51.6 Å². The molecule has 0 aromatic carbocycles. The minimum absolute atomic E-state index is 1.29. The Hall–Kier alpha value is -0.260. The van der Waals surface area contributed by atoms with Crippen LogP contribution in [0.5, 0.6) is 0 Å². The summed E-state index contributed by atoms with van der Waals surface area (Å²) in [4.78, 5) is 0. The SMILES string of the molecule is C1CCC1.C=C1CC1. The van der Waals surface area contributed by atoms with E-state index in [1.54, 1.807) is 0 Å². The maximum Gasteiger partial charge on any atom is -0.0286 e. The zero-order valence-electron chi connectivity index (χ0n) is 5.45. The fourth-order valence-electron chi connectivity index (χ4n) is 0.338. The van der Waals surface area contributed by atoms with Gasteiger partial charge in [-0.15, -0.1) is 0 Å². The van der Waals surface area contributed by atoms with Gasteiger partial charge in [-0.3, -0.25) is 0 Å². The molecule has 0 aliphatic heterocycles. The summed E-state index contributed by atoms with van der Waals surface area (Å²) >= 11 is 0. The van der Waals surface area contributed by atoms with E-state index >= 15 is 0 Å². The molecule has 0 unspecified atom stereocenters. The van der Waals surface area contributed by atoms with Crippen LogP contribution in [0.15, 0.2) is 12.2 Å². The number of hydrogen-bond acceptors (Lipinski definition) is 0. The molecular formula is C8H14. The zero-order chi connectivity index (χ0) is 5.82. The van der Waals surface area contributed by atoms with Gasteiger partial charge in [0.2, 0.25) is 0 Å². The Kier molecular flexibility index (Phi) is 2.13. The van der Waals surface area contributed by atoms with E-state index in [4.69, 9.17) is 0 Å². The first-order valence-electron chi connectivity index (χ1n) is 3.56. The lowest BCUT2D eigenvalue weighted by Crippen LogP contribution is -1.85. The van der Waals surface area contributed by atoms with Crippen molar-refractivity contribution in [2.45, 2.75) is 38.5 Å². The van der Waals surface area contributed by atoms with Gasteiger partial charge in [-0.2, -0.15) is 0 Å². The highest BCUT2D eigenvalue weighted by atomic mass is 14.1. The molecular weight excluding hydrogens is 96.1 g/mol. The molecule has 0 N–H and O–H groups in total. The average Bonchev–Trinajstić information content (AvgIpc) is 2.13. The Bertz CT molecular complexity index is 68.0. The second-order valence-corrected chi connectivity index (χ2v) is 2.66. The number of hydrogen-bond donors (Lipinski definition) is 0. The number of allylic oxidation sites excluding steroid dienone is 1. The topological polar surface area (TPSA) is 0 Å². The van der Waals surface area contributed by atoms with Crippen LogP contribution in [-0.4, -0.2) is 0 Å². The van der Waals surface area contributed by atoms with Crippen LogP contribution in [0.1, 0.15) is 38.5 Å². The van der Waals surface area contributed by atoms with Crippen molar-refractivity contribution in [2.75, 3.05) is 0 Å². The standard InChI is InChI=1S/C4H6.C4H8/c1-4-2-3-4;1-2-4-3-1/h1-3H2;1-4H2. The second-order valence-electron chi connectivity index (χ2n) is 2.66. The normalized spacial score (nSPS) is 22.8. The lowest BCUT2D eigenvalue weighted by atomic mass is 10.0.